The van der Waals surface area contributed by atoms with E-state index in [-0.39, 0.29) is 45.4 Å². The summed E-state index contributed by atoms with van der Waals surface area (Å²) in [4.78, 5) is 57.4. The van der Waals surface area contributed by atoms with Gasteiger partial charge in [0.25, 0.3) is 0 Å². The van der Waals surface area contributed by atoms with E-state index in [9.17, 15) is 29.7 Å². The third kappa shape index (κ3) is 7.11. The van der Waals surface area contributed by atoms with Crippen LogP contribution in [0.5, 0.6) is 0 Å². The number of nitrogens with zero attached hydrogens (tertiary/aromatic N) is 4. The highest BCUT2D eigenvalue weighted by molar-refractivity contribution is 8.00. The molecule has 2 heterocycles. The highest BCUT2D eigenvalue weighted by atomic mass is 32.2. The van der Waals surface area contributed by atoms with Crippen molar-refractivity contribution >= 4 is 46.8 Å². The monoisotopic (exact) mass is 691 g/mol. The van der Waals surface area contributed by atoms with Gasteiger partial charge < -0.3 is 10.5 Å². The highest BCUT2D eigenvalue weighted by Crippen LogP contribution is 2.40. The Morgan fingerprint density at radius 1 is 0.843 bits per heavy atom. The Hall–Kier alpha value is -6.56. The standard InChI is InChI=1S/C40H29N5O5S/c1-2-24-8-10-28(11-9-24)36-31(21-41)37(43)44-38(32(36)22-42)51-34-20-35(47)45(39(34)48)30-18-16-29(17-19-30)40(49)50-23-33(46)27-14-12-26(13-15-27)25-6-4-3-5-7-25/h3-19,34H,2,20,23H2,1H3,(H2,43,44). The number of Topliss-reactive ketones (excluding diaryl/α,β-unsaturated/α-hetero) is 1. The first-order valence-corrected chi connectivity index (χ1v) is 16.8. The summed E-state index contributed by atoms with van der Waals surface area (Å²) >= 11 is 0.936. The summed E-state index contributed by atoms with van der Waals surface area (Å²) in [5, 5.41) is 19.2. The molecule has 2 amide bonds. The number of amides is 2. The first-order chi connectivity index (χ1) is 24.7. The molecule has 4 aromatic carbocycles. The molecule has 0 saturated carbocycles. The van der Waals surface area contributed by atoms with Crippen LogP contribution < -0.4 is 10.6 Å². The maximum Gasteiger partial charge on any atom is 0.338 e. The van der Waals surface area contributed by atoms with E-state index < -0.39 is 29.6 Å². The Bertz CT molecular complexity index is 2240. The van der Waals surface area contributed by atoms with Crippen LogP contribution in [-0.4, -0.2) is 40.4 Å². The Morgan fingerprint density at radius 2 is 1.45 bits per heavy atom. The first kappa shape index (κ1) is 34.3. The van der Waals surface area contributed by atoms with E-state index in [0.29, 0.717) is 16.7 Å². The van der Waals surface area contributed by atoms with Crippen LogP contribution in [0.2, 0.25) is 0 Å². The molecule has 1 aromatic heterocycles. The lowest BCUT2D eigenvalue weighted by Crippen LogP contribution is -2.31. The van der Waals surface area contributed by atoms with E-state index >= 15 is 0 Å². The van der Waals surface area contributed by atoms with Crippen LogP contribution in [0.15, 0.2) is 108 Å². The zero-order valence-corrected chi connectivity index (χ0v) is 28.1. The number of anilines is 2. The lowest BCUT2D eigenvalue weighted by Gasteiger charge is -2.17. The van der Waals surface area contributed by atoms with Crippen molar-refractivity contribution in [2.24, 2.45) is 0 Å². The molecule has 51 heavy (non-hydrogen) atoms. The van der Waals surface area contributed by atoms with Gasteiger partial charge in [-0.1, -0.05) is 97.5 Å². The third-order valence-corrected chi connectivity index (χ3v) is 9.61. The summed E-state index contributed by atoms with van der Waals surface area (Å²) in [6.45, 7) is 1.55. The highest BCUT2D eigenvalue weighted by Gasteiger charge is 2.41. The molecule has 5 aromatic rings. The predicted octanol–water partition coefficient (Wildman–Crippen LogP) is 6.77. The molecular formula is C40H29N5O5S. The molecule has 1 unspecified atom stereocenters. The number of rotatable bonds is 10. The smallest absolute Gasteiger partial charge is 0.338 e. The van der Waals surface area contributed by atoms with Gasteiger partial charge in [0.15, 0.2) is 12.4 Å². The molecule has 0 radical (unpaired) electrons. The van der Waals surface area contributed by atoms with Gasteiger partial charge in [0, 0.05) is 17.5 Å². The fourth-order valence-electron chi connectivity index (χ4n) is 5.70. The number of aromatic nitrogens is 1. The van der Waals surface area contributed by atoms with Crippen molar-refractivity contribution in [3.8, 4) is 34.4 Å². The van der Waals surface area contributed by atoms with Gasteiger partial charge in [-0.05, 0) is 52.9 Å². The van der Waals surface area contributed by atoms with Gasteiger partial charge in [0.05, 0.1) is 22.1 Å². The fourth-order valence-corrected chi connectivity index (χ4v) is 6.82. The van der Waals surface area contributed by atoms with Gasteiger partial charge in [0.2, 0.25) is 11.8 Å². The van der Waals surface area contributed by atoms with Crippen molar-refractivity contribution < 1.29 is 23.9 Å². The van der Waals surface area contributed by atoms with Crippen molar-refractivity contribution in [2.75, 3.05) is 17.2 Å². The number of hydrogen-bond donors (Lipinski definition) is 1. The minimum absolute atomic E-state index is 0.0519. The number of nitriles is 2. The van der Waals surface area contributed by atoms with Crippen LogP contribution in [0, 0.1) is 22.7 Å². The molecule has 0 aliphatic carbocycles. The number of pyridine rings is 1. The zero-order chi connectivity index (χ0) is 36.1. The lowest BCUT2D eigenvalue weighted by atomic mass is 9.96. The number of carbonyl (C=O) groups is 4. The normalized spacial score (nSPS) is 13.8. The Balaban J connectivity index is 1.13. The second-order valence-electron chi connectivity index (χ2n) is 11.6. The van der Waals surface area contributed by atoms with Crippen LogP contribution in [0.3, 0.4) is 0 Å². The molecule has 10 nitrogen and oxygen atoms in total. The SMILES string of the molecule is CCc1ccc(-c2c(C#N)c(N)nc(SC3CC(=O)N(c4ccc(C(=O)OCC(=O)c5ccc(-c6ccccc6)cc5)cc4)C3=O)c2C#N)cc1. The molecule has 11 heteroatoms. The molecule has 1 saturated heterocycles. The number of nitrogen functional groups attached to an aromatic ring is 1. The van der Waals surface area contributed by atoms with E-state index in [2.05, 4.69) is 11.1 Å². The molecule has 1 atom stereocenters. The average Bonchev–Trinajstić information content (AvgIpc) is 3.45. The van der Waals surface area contributed by atoms with E-state index in [1.54, 1.807) is 24.3 Å². The predicted molar refractivity (Wildman–Crippen MR) is 193 cm³/mol. The molecule has 1 aliphatic heterocycles. The van der Waals surface area contributed by atoms with Crippen LogP contribution in [0.1, 0.15) is 50.8 Å². The maximum atomic E-state index is 13.5. The number of ether oxygens (including phenoxy) is 1. The number of nitrogens with two attached hydrogens (primary N) is 1. The van der Waals surface area contributed by atoms with Gasteiger partial charge in [-0.15, -0.1) is 0 Å². The molecular weight excluding hydrogens is 663 g/mol. The van der Waals surface area contributed by atoms with E-state index in [0.717, 1.165) is 39.8 Å². The zero-order valence-electron chi connectivity index (χ0n) is 27.3. The number of imide groups is 1. The number of esters is 1. The summed E-state index contributed by atoms with van der Waals surface area (Å²) < 4.78 is 5.25. The number of aryl methyl sites for hydroxylation is 1. The second-order valence-corrected chi connectivity index (χ2v) is 12.8. The van der Waals surface area contributed by atoms with E-state index in [1.165, 1.54) is 24.3 Å². The Labute approximate surface area is 298 Å². The quantitative estimate of drug-likeness (QED) is 0.0938. The molecule has 0 spiro atoms. The van der Waals surface area contributed by atoms with Crippen LogP contribution in [0.25, 0.3) is 22.3 Å². The van der Waals surface area contributed by atoms with Gasteiger partial charge in [0.1, 0.15) is 28.5 Å². The topological polar surface area (TPSA) is 167 Å². The van der Waals surface area contributed by atoms with Crippen LogP contribution in [-0.2, 0) is 20.7 Å². The minimum atomic E-state index is -0.919. The van der Waals surface area contributed by atoms with Crippen molar-refractivity contribution in [3.63, 3.8) is 0 Å². The molecule has 1 aliphatic rings. The van der Waals surface area contributed by atoms with Gasteiger partial charge in [-0.3, -0.25) is 14.4 Å². The molecule has 6 rings (SSSR count). The average molecular weight is 692 g/mol. The van der Waals surface area contributed by atoms with Crippen molar-refractivity contribution in [1.29, 1.82) is 10.5 Å². The Morgan fingerprint density at radius 3 is 2.08 bits per heavy atom. The number of hydrogen-bond acceptors (Lipinski definition) is 10. The van der Waals surface area contributed by atoms with Crippen molar-refractivity contribution in [3.05, 3.63) is 131 Å². The summed E-state index contributed by atoms with van der Waals surface area (Å²) in [5.41, 5.74) is 11.0. The molecule has 250 valence electrons. The molecule has 0 bridgehead atoms. The van der Waals surface area contributed by atoms with Gasteiger partial charge in [-0.2, -0.15) is 10.5 Å². The van der Waals surface area contributed by atoms with E-state index in [1.807, 2.05) is 67.6 Å². The number of ketones is 1. The Kier molecular flexibility index (Phi) is 10.0. The molecule has 2 N–H and O–H groups in total. The van der Waals surface area contributed by atoms with Crippen LogP contribution in [0.4, 0.5) is 11.5 Å². The minimum Gasteiger partial charge on any atom is -0.454 e. The van der Waals surface area contributed by atoms with Crippen molar-refractivity contribution in [1.82, 2.24) is 4.98 Å². The lowest BCUT2D eigenvalue weighted by molar-refractivity contribution is -0.121. The first-order valence-electron chi connectivity index (χ1n) is 15.9. The summed E-state index contributed by atoms with van der Waals surface area (Å²) in [6, 6.07) is 34.0. The van der Waals surface area contributed by atoms with Gasteiger partial charge in [-0.25, -0.2) is 14.7 Å². The van der Waals surface area contributed by atoms with E-state index in [4.69, 9.17) is 10.5 Å². The maximum absolute atomic E-state index is 13.5. The van der Waals surface area contributed by atoms with Gasteiger partial charge >= 0.3 is 5.97 Å². The largest absolute Gasteiger partial charge is 0.454 e. The number of thioether (sulfide) groups is 1. The summed E-state index contributed by atoms with van der Waals surface area (Å²) in [5.74, 6) is -2.21. The third-order valence-electron chi connectivity index (χ3n) is 8.44. The van der Waals surface area contributed by atoms with Crippen LogP contribution >= 0.6 is 11.8 Å². The summed E-state index contributed by atoms with van der Waals surface area (Å²) in [7, 11) is 0. The van der Waals surface area contributed by atoms with Crippen molar-refractivity contribution in [2.45, 2.75) is 30.0 Å². The number of carbonyl (C=O) groups excluding carboxylic acids is 4. The number of benzene rings is 4. The second kappa shape index (κ2) is 14.9. The summed E-state index contributed by atoms with van der Waals surface area (Å²) in [6.07, 6.45) is 0.637. The fraction of sp³-hybridized carbons (Fsp3) is 0.125. The molecule has 1 fully saturated rings.